The van der Waals surface area contributed by atoms with Gasteiger partial charge in [-0.3, -0.25) is 4.90 Å². The monoisotopic (exact) mass is 292 g/mol. The van der Waals surface area contributed by atoms with Gasteiger partial charge in [0.2, 0.25) is 0 Å². The van der Waals surface area contributed by atoms with E-state index in [2.05, 4.69) is 24.2 Å². The fourth-order valence-corrected chi connectivity index (χ4v) is 4.85. The summed E-state index contributed by atoms with van der Waals surface area (Å²) in [4.78, 5) is 2.60. The summed E-state index contributed by atoms with van der Waals surface area (Å²) in [6.45, 7) is 3.60. The van der Waals surface area contributed by atoms with Gasteiger partial charge in [0.1, 0.15) is 0 Å². The third-order valence-electron chi connectivity index (χ3n) is 6.57. The molecule has 0 aliphatic heterocycles. The van der Waals surface area contributed by atoms with Crippen molar-refractivity contribution in [1.29, 1.82) is 0 Å². The minimum atomic E-state index is 0.700. The van der Waals surface area contributed by atoms with Crippen molar-refractivity contribution in [3.05, 3.63) is 0 Å². The van der Waals surface area contributed by atoms with Crippen LogP contribution in [-0.4, -0.2) is 36.6 Å². The highest BCUT2D eigenvalue weighted by Gasteiger charge is 2.33. The Balaban J connectivity index is 1.49. The summed E-state index contributed by atoms with van der Waals surface area (Å²) >= 11 is 0. The van der Waals surface area contributed by atoms with E-state index in [1.54, 1.807) is 0 Å². The first-order valence-electron chi connectivity index (χ1n) is 9.71. The highest BCUT2D eigenvalue weighted by atomic mass is 15.2. The quantitative estimate of drug-likeness (QED) is 0.789. The molecule has 122 valence electrons. The Bertz CT molecular complexity index is 307. The lowest BCUT2D eigenvalue weighted by atomic mass is 9.71. The Morgan fingerprint density at radius 3 is 2.29 bits per heavy atom. The van der Waals surface area contributed by atoms with Gasteiger partial charge in [-0.15, -0.1) is 0 Å². The van der Waals surface area contributed by atoms with Gasteiger partial charge in [0.05, 0.1) is 0 Å². The number of nitrogens with one attached hydrogen (secondary N) is 1. The second-order valence-electron chi connectivity index (χ2n) is 8.11. The van der Waals surface area contributed by atoms with Crippen molar-refractivity contribution >= 4 is 0 Å². The van der Waals surface area contributed by atoms with Crippen LogP contribution in [0.25, 0.3) is 0 Å². The van der Waals surface area contributed by atoms with Crippen LogP contribution in [0, 0.1) is 11.8 Å². The summed E-state index contributed by atoms with van der Waals surface area (Å²) in [6.07, 6.45) is 16.2. The predicted octanol–water partition coefficient (Wildman–Crippen LogP) is 4.20. The molecule has 3 rings (SSSR count). The summed E-state index contributed by atoms with van der Waals surface area (Å²) in [5.41, 5.74) is 0. The van der Waals surface area contributed by atoms with E-state index in [0.29, 0.717) is 6.04 Å². The number of rotatable bonds is 6. The molecule has 0 saturated heterocycles. The van der Waals surface area contributed by atoms with Crippen LogP contribution in [0.3, 0.4) is 0 Å². The molecule has 3 saturated carbocycles. The highest BCUT2D eigenvalue weighted by Crippen LogP contribution is 2.38. The van der Waals surface area contributed by atoms with Crippen LogP contribution in [0.15, 0.2) is 0 Å². The van der Waals surface area contributed by atoms with Crippen molar-refractivity contribution < 1.29 is 0 Å². The molecular formula is C19H36N2. The average molecular weight is 293 g/mol. The summed E-state index contributed by atoms with van der Waals surface area (Å²) in [6, 6.07) is 2.41. The normalized spacial score (nSPS) is 33.3. The van der Waals surface area contributed by atoms with E-state index in [0.717, 1.165) is 23.9 Å². The zero-order chi connectivity index (χ0) is 14.7. The molecule has 2 heteroatoms. The molecule has 3 fully saturated rings. The Hall–Kier alpha value is -0.0800. The van der Waals surface area contributed by atoms with Gasteiger partial charge in [0.15, 0.2) is 0 Å². The summed E-state index contributed by atoms with van der Waals surface area (Å²) < 4.78 is 0. The second-order valence-corrected chi connectivity index (χ2v) is 8.11. The number of hydrogen-bond acceptors (Lipinski definition) is 2. The minimum absolute atomic E-state index is 0.700. The maximum absolute atomic E-state index is 3.99. The maximum Gasteiger partial charge on any atom is 0.0192 e. The molecule has 21 heavy (non-hydrogen) atoms. The zero-order valence-electron chi connectivity index (χ0n) is 14.3. The lowest BCUT2D eigenvalue weighted by Crippen LogP contribution is -2.47. The van der Waals surface area contributed by atoms with E-state index in [1.807, 2.05) is 0 Å². The highest BCUT2D eigenvalue weighted by molar-refractivity contribution is 4.90. The molecule has 0 spiro atoms. The van der Waals surface area contributed by atoms with Crippen molar-refractivity contribution in [1.82, 2.24) is 10.2 Å². The largest absolute Gasteiger partial charge is 0.312 e. The van der Waals surface area contributed by atoms with Crippen molar-refractivity contribution in [3.8, 4) is 0 Å². The van der Waals surface area contributed by atoms with E-state index in [4.69, 9.17) is 0 Å². The number of nitrogens with zero attached hydrogens (tertiary/aromatic N) is 1. The average Bonchev–Trinajstić information content (AvgIpc) is 3.38. The Morgan fingerprint density at radius 2 is 1.57 bits per heavy atom. The van der Waals surface area contributed by atoms with Crippen molar-refractivity contribution in [3.63, 3.8) is 0 Å². The molecular weight excluding hydrogens is 256 g/mol. The molecule has 0 amide bonds. The van der Waals surface area contributed by atoms with Crippen molar-refractivity contribution in [2.45, 2.75) is 95.7 Å². The Kier molecular flexibility index (Phi) is 5.61. The Morgan fingerprint density at radius 1 is 0.905 bits per heavy atom. The zero-order valence-corrected chi connectivity index (χ0v) is 14.3. The molecule has 0 heterocycles. The standard InChI is InChI=1S/C19H36N2/c1-15(21(2)17-12-13-17)14-20-19-11-7-6-10-18(19)16-8-4-3-5-9-16/h15-20H,3-14H2,1-2H3. The molecule has 2 nitrogen and oxygen atoms in total. The number of likely N-dealkylation sites (N-methyl/N-ethyl adjacent to an activating group) is 1. The third-order valence-corrected chi connectivity index (χ3v) is 6.57. The first-order valence-corrected chi connectivity index (χ1v) is 9.71. The van der Waals surface area contributed by atoms with Gasteiger partial charge >= 0.3 is 0 Å². The van der Waals surface area contributed by atoms with Gasteiger partial charge in [-0.2, -0.15) is 0 Å². The van der Waals surface area contributed by atoms with Gasteiger partial charge in [0.25, 0.3) is 0 Å². The topological polar surface area (TPSA) is 15.3 Å². The van der Waals surface area contributed by atoms with E-state index in [9.17, 15) is 0 Å². The first-order chi connectivity index (χ1) is 10.3. The third kappa shape index (κ3) is 4.22. The van der Waals surface area contributed by atoms with Crippen LogP contribution in [0.4, 0.5) is 0 Å². The molecule has 0 radical (unpaired) electrons. The van der Waals surface area contributed by atoms with Crippen LogP contribution < -0.4 is 5.32 Å². The first kappa shape index (κ1) is 15.8. The Labute approximate surface area is 132 Å². The summed E-state index contributed by atoms with van der Waals surface area (Å²) in [5, 5.41) is 3.99. The van der Waals surface area contributed by atoms with Crippen molar-refractivity contribution in [2.24, 2.45) is 11.8 Å². The molecule has 0 aromatic heterocycles. The molecule has 3 atom stereocenters. The van der Waals surface area contributed by atoms with Gasteiger partial charge in [-0.05, 0) is 51.5 Å². The molecule has 0 aromatic carbocycles. The fraction of sp³-hybridized carbons (Fsp3) is 1.00. The maximum atomic E-state index is 3.99. The van der Waals surface area contributed by atoms with Crippen LogP contribution >= 0.6 is 0 Å². The van der Waals surface area contributed by atoms with Crippen LogP contribution in [0.1, 0.15) is 77.6 Å². The van der Waals surface area contributed by atoms with E-state index in [-0.39, 0.29) is 0 Å². The van der Waals surface area contributed by atoms with Gasteiger partial charge in [0, 0.05) is 24.7 Å². The van der Waals surface area contributed by atoms with Crippen LogP contribution in [-0.2, 0) is 0 Å². The molecule has 3 unspecified atom stereocenters. The lowest BCUT2D eigenvalue weighted by molar-refractivity contribution is 0.140. The molecule has 0 aromatic rings. The van der Waals surface area contributed by atoms with Crippen molar-refractivity contribution in [2.75, 3.05) is 13.6 Å². The summed E-state index contributed by atoms with van der Waals surface area (Å²) in [5.74, 6) is 2.02. The lowest BCUT2D eigenvalue weighted by Gasteiger charge is -2.40. The van der Waals surface area contributed by atoms with Crippen LogP contribution in [0.2, 0.25) is 0 Å². The molecule has 3 aliphatic rings. The van der Waals surface area contributed by atoms with E-state index in [1.165, 1.54) is 77.2 Å². The molecule has 3 aliphatic carbocycles. The van der Waals surface area contributed by atoms with Gasteiger partial charge in [-0.1, -0.05) is 44.9 Å². The van der Waals surface area contributed by atoms with Gasteiger partial charge in [-0.25, -0.2) is 0 Å². The SMILES string of the molecule is CC(CNC1CCCCC1C1CCCCC1)N(C)C1CC1. The van der Waals surface area contributed by atoms with Crippen LogP contribution in [0.5, 0.6) is 0 Å². The fourth-order valence-electron chi connectivity index (χ4n) is 4.85. The second kappa shape index (κ2) is 7.46. The molecule has 0 bridgehead atoms. The predicted molar refractivity (Wildman–Crippen MR) is 90.6 cm³/mol. The van der Waals surface area contributed by atoms with E-state index < -0.39 is 0 Å². The minimum Gasteiger partial charge on any atom is -0.312 e. The smallest absolute Gasteiger partial charge is 0.0192 e. The van der Waals surface area contributed by atoms with Gasteiger partial charge < -0.3 is 5.32 Å². The summed E-state index contributed by atoms with van der Waals surface area (Å²) in [7, 11) is 2.32. The molecule has 1 N–H and O–H groups in total. The number of hydrogen-bond donors (Lipinski definition) is 1. The van der Waals surface area contributed by atoms with E-state index >= 15 is 0 Å².